The number of benzene rings is 1. The molecule has 3 nitrogen and oxygen atoms in total. The summed E-state index contributed by atoms with van der Waals surface area (Å²) in [7, 11) is 0. The van der Waals surface area contributed by atoms with E-state index in [2.05, 4.69) is 23.7 Å². The van der Waals surface area contributed by atoms with Crippen molar-refractivity contribution in [1.29, 1.82) is 0 Å². The molecule has 1 aromatic heterocycles. The molecule has 138 valence electrons. The van der Waals surface area contributed by atoms with E-state index < -0.39 is 6.43 Å². The second-order valence-corrected chi connectivity index (χ2v) is 6.97. The molecule has 0 radical (unpaired) electrons. The van der Waals surface area contributed by atoms with Crippen molar-refractivity contribution in [2.24, 2.45) is 0 Å². The topological polar surface area (TPSA) is 33.2 Å². The number of hydrogen-bond acceptors (Lipinski definition) is 3. The average Bonchev–Trinajstić information content (AvgIpc) is 2.65. The van der Waals surface area contributed by atoms with Crippen LogP contribution in [-0.2, 0) is 6.42 Å². The van der Waals surface area contributed by atoms with E-state index in [1.54, 1.807) is 25.1 Å². The molecule has 1 aromatic carbocycles. The molecule has 5 heteroatoms. The van der Waals surface area contributed by atoms with Crippen molar-refractivity contribution in [3.63, 3.8) is 0 Å². The molecule has 26 heavy (non-hydrogen) atoms. The number of pyridine rings is 1. The number of ketones is 1. The maximum absolute atomic E-state index is 13.8. The third kappa shape index (κ3) is 3.48. The normalized spacial score (nSPS) is 14.0. The molecular formula is C21H24F2N2O. The van der Waals surface area contributed by atoms with Gasteiger partial charge in [-0.1, -0.05) is 13.0 Å². The van der Waals surface area contributed by atoms with Gasteiger partial charge in [-0.05, 0) is 56.0 Å². The molecule has 0 saturated heterocycles. The van der Waals surface area contributed by atoms with Gasteiger partial charge in [0.15, 0.2) is 5.78 Å². The summed E-state index contributed by atoms with van der Waals surface area (Å²) in [6, 6.07) is 7.12. The summed E-state index contributed by atoms with van der Waals surface area (Å²) in [5.74, 6) is -0.0522. The highest BCUT2D eigenvalue weighted by Crippen LogP contribution is 2.39. The Balaban J connectivity index is 2.08. The molecule has 0 fully saturated rings. The van der Waals surface area contributed by atoms with Gasteiger partial charge in [-0.3, -0.25) is 9.78 Å². The van der Waals surface area contributed by atoms with Crippen molar-refractivity contribution in [3.8, 4) is 11.1 Å². The number of aromatic nitrogens is 1. The Morgan fingerprint density at radius 3 is 2.62 bits per heavy atom. The van der Waals surface area contributed by atoms with E-state index >= 15 is 0 Å². The van der Waals surface area contributed by atoms with Crippen molar-refractivity contribution in [2.75, 3.05) is 11.4 Å². The molecule has 1 aliphatic heterocycles. The molecule has 0 bridgehead atoms. The lowest BCUT2D eigenvalue weighted by Gasteiger charge is -2.35. The van der Waals surface area contributed by atoms with Gasteiger partial charge in [-0.15, -0.1) is 0 Å². The van der Waals surface area contributed by atoms with Gasteiger partial charge in [0.2, 0.25) is 0 Å². The first-order valence-electron chi connectivity index (χ1n) is 9.13. The molecule has 0 saturated carbocycles. The lowest BCUT2D eigenvalue weighted by atomic mass is 9.92. The maximum atomic E-state index is 13.8. The van der Waals surface area contributed by atoms with Gasteiger partial charge >= 0.3 is 0 Å². The Kier molecular flexibility index (Phi) is 5.35. The molecular weight excluding hydrogens is 334 g/mol. The summed E-state index contributed by atoms with van der Waals surface area (Å²) in [5, 5.41) is 0. The first-order valence-corrected chi connectivity index (χ1v) is 9.13. The maximum Gasteiger partial charge on any atom is 0.264 e. The standard InChI is InChI=1S/C21H24F2N2O/c1-4-20(26)18-8-7-15(12-24-18)16-10-14-6-5-9-25(13(2)3)19(14)11-17(16)21(22)23/h7-8,10-13,21H,4-6,9H2,1-3H3. The van der Waals surface area contributed by atoms with Crippen molar-refractivity contribution in [2.45, 2.75) is 52.5 Å². The number of anilines is 1. The fourth-order valence-corrected chi connectivity index (χ4v) is 3.54. The number of Topliss-reactive ketones (excluding diaryl/α,β-unsaturated/α-hetero) is 1. The second-order valence-electron chi connectivity index (χ2n) is 6.97. The SMILES string of the molecule is CCC(=O)c1ccc(-c2cc3c(cc2C(F)F)N(C(C)C)CCC3)cn1. The van der Waals surface area contributed by atoms with E-state index in [1.807, 2.05) is 6.07 Å². The predicted molar refractivity (Wildman–Crippen MR) is 100 cm³/mol. The van der Waals surface area contributed by atoms with Gasteiger partial charge in [-0.25, -0.2) is 8.78 Å². The number of halogens is 2. The van der Waals surface area contributed by atoms with Gasteiger partial charge in [0.25, 0.3) is 6.43 Å². The zero-order chi connectivity index (χ0) is 18.8. The summed E-state index contributed by atoms with van der Waals surface area (Å²) in [6.45, 7) is 6.83. The van der Waals surface area contributed by atoms with Crippen molar-refractivity contribution < 1.29 is 13.6 Å². The molecule has 0 amide bonds. The van der Waals surface area contributed by atoms with Crippen LogP contribution in [0.25, 0.3) is 11.1 Å². The third-order valence-corrected chi connectivity index (χ3v) is 4.95. The summed E-state index contributed by atoms with van der Waals surface area (Å²) in [4.78, 5) is 18.1. The van der Waals surface area contributed by atoms with Crippen LogP contribution in [0.3, 0.4) is 0 Å². The minimum absolute atomic E-state index is 0.0210. The molecule has 0 spiro atoms. The number of carbonyl (C=O) groups excluding carboxylic acids is 1. The number of rotatable bonds is 5. The second kappa shape index (κ2) is 7.52. The molecule has 2 aromatic rings. The lowest BCUT2D eigenvalue weighted by molar-refractivity contribution is 0.0983. The number of fused-ring (bicyclic) bond motifs is 1. The largest absolute Gasteiger partial charge is 0.369 e. The van der Waals surface area contributed by atoms with Gasteiger partial charge < -0.3 is 4.90 Å². The van der Waals surface area contributed by atoms with E-state index in [4.69, 9.17) is 0 Å². The lowest BCUT2D eigenvalue weighted by Crippen LogP contribution is -2.35. The van der Waals surface area contributed by atoms with Crippen LogP contribution >= 0.6 is 0 Å². The van der Waals surface area contributed by atoms with Crippen LogP contribution in [-0.4, -0.2) is 23.4 Å². The van der Waals surface area contributed by atoms with Crippen LogP contribution in [0.2, 0.25) is 0 Å². The first kappa shape index (κ1) is 18.5. The number of hydrogen-bond donors (Lipinski definition) is 0. The van der Waals surface area contributed by atoms with Crippen LogP contribution in [0.15, 0.2) is 30.5 Å². The summed E-state index contributed by atoms with van der Waals surface area (Å²) in [6.07, 6.45) is 1.23. The quantitative estimate of drug-likeness (QED) is 0.667. The highest BCUT2D eigenvalue weighted by molar-refractivity contribution is 5.94. The van der Waals surface area contributed by atoms with E-state index in [0.29, 0.717) is 23.2 Å². The number of aryl methyl sites for hydroxylation is 1. The zero-order valence-corrected chi connectivity index (χ0v) is 15.4. The Morgan fingerprint density at radius 2 is 2.04 bits per heavy atom. The average molecular weight is 358 g/mol. The number of carbonyl (C=O) groups is 1. The number of nitrogens with zero attached hydrogens (tertiary/aromatic N) is 2. The monoisotopic (exact) mass is 358 g/mol. The highest BCUT2D eigenvalue weighted by atomic mass is 19.3. The van der Waals surface area contributed by atoms with E-state index in [1.165, 1.54) is 6.20 Å². The Labute approximate surface area is 153 Å². The minimum atomic E-state index is -2.57. The molecule has 0 aliphatic carbocycles. The fraction of sp³-hybridized carbons (Fsp3) is 0.429. The van der Waals surface area contributed by atoms with Crippen LogP contribution in [0.5, 0.6) is 0 Å². The number of alkyl halides is 2. The summed E-state index contributed by atoms with van der Waals surface area (Å²) >= 11 is 0. The molecule has 0 N–H and O–H groups in total. The van der Waals surface area contributed by atoms with E-state index in [-0.39, 0.29) is 17.4 Å². The Morgan fingerprint density at radius 1 is 1.27 bits per heavy atom. The molecule has 0 unspecified atom stereocenters. The van der Waals surface area contributed by atoms with E-state index in [0.717, 1.165) is 30.6 Å². The zero-order valence-electron chi connectivity index (χ0n) is 15.4. The summed E-state index contributed by atoms with van der Waals surface area (Å²) in [5.41, 5.74) is 3.53. The van der Waals surface area contributed by atoms with Gasteiger partial charge in [-0.2, -0.15) is 0 Å². The van der Waals surface area contributed by atoms with Crippen molar-refractivity contribution >= 4 is 11.5 Å². The smallest absolute Gasteiger partial charge is 0.264 e. The molecule has 1 aliphatic rings. The molecule has 3 rings (SSSR count). The van der Waals surface area contributed by atoms with Gasteiger partial charge in [0.1, 0.15) is 5.69 Å². The first-order chi connectivity index (χ1) is 12.4. The summed E-state index contributed by atoms with van der Waals surface area (Å²) < 4.78 is 27.6. The Hall–Kier alpha value is -2.30. The van der Waals surface area contributed by atoms with Crippen LogP contribution in [0, 0.1) is 0 Å². The van der Waals surface area contributed by atoms with E-state index in [9.17, 15) is 13.6 Å². The minimum Gasteiger partial charge on any atom is -0.369 e. The molecule has 0 atom stereocenters. The van der Waals surface area contributed by atoms with Gasteiger partial charge in [0, 0.05) is 42.0 Å². The molecule has 2 heterocycles. The van der Waals surface area contributed by atoms with Crippen LogP contribution in [0.1, 0.15) is 61.7 Å². The highest BCUT2D eigenvalue weighted by Gasteiger charge is 2.24. The van der Waals surface area contributed by atoms with Crippen LogP contribution in [0.4, 0.5) is 14.5 Å². The van der Waals surface area contributed by atoms with Gasteiger partial charge in [0.05, 0.1) is 0 Å². The van der Waals surface area contributed by atoms with Crippen molar-refractivity contribution in [3.05, 3.63) is 47.3 Å². The predicted octanol–water partition coefficient (Wildman–Crippen LogP) is 5.44. The van der Waals surface area contributed by atoms with Crippen LogP contribution < -0.4 is 4.90 Å². The van der Waals surface area contributed by atoms with Crippen molar-refractivity contribution in [1.82, 2.24) is 4.98 Å². The Bertz CT molecular complexity index is 800. The third-order valence-electron chi connectivity index (χ3n) is 4.95. The fourth-order valence-electron chi connectivity index (χ4n) is 3.54.